The van der Waals surface area contributed by atoms with E-state index in [0.29, 0.717) is 10.8 Å². The number of halogens is 1. The summed E-state index contributed by atoms with van der Waals surface area (Å²) in [5.74, 6) is -1.45. The van der Waals surface area contributed by atoms with Gasteiger partial charge in [-0.2, -0.15) is 0 Å². The summed E-state index contributed by atoms with van der Waals surface area (Å²) in [7, 11) is 0. The van der Waals surface area contributed by atoms with Gasteiger partial charge in [-0.15, -0.1) is 0 Å². The highest BCUT2D eigenvalue weighted by Gasteiger charge is 2.25. The summed E-state index contributed by atoms with van der Waals surface area (Å²) in [6, 6.07) is 5.05. The van der Waals surface area contributed by atoms with Crippen LogP contribution in [0.2, 0.25) is 5.02 Å². The molecule has 0 unspecified atom stereocenters. The van der Waals surface area contributed by atoms with Crippen LogP contribution in [0.1, 0.15) is 25.8 Å². The third-order valence-electron chi connectivity index (χ3n) is 2.26. The maximum absolute atomic E-state index is 11.0. The fourth-order valence-corrected chi connectivity index (χ4v) is 1.54. The molecule has 0 saturated carbocycles. The van der Waals surface area contributed by atoms with Crippen molar-refractivity contribution in [3.8, 4) is 5.75 Å². The molecule has 1 rings (SSSR count). The molecule has 0 bridgehead atoms. The van der Waals surface area contributed by atoms with Crippen molar-refractivity contribution in [3.05, 3.63) is 28.8 Å². The number of aliphatic hydroxyl groups is 1. The smallest absolute Gasteiger partial charge is 0.305 e. The molecule has 0 aliphatic heterocycles. The van der Waals surface area contributed by atoms with Gasteiger partial charge >= 0.3 is 5.97 Å². The van der Waals surface area contributed by atoms with Crippen LogP contribution >= 0.6 is 11.6 Å². The molecule has 5 heteroatoms. The van der Waals surface area contributed by atoms with Gasteiger partial charge in [0, 0.05) is 18.4 Å². The normalized spacial score (nSPS) is 13.8. The highest BCUT2D eigenvalue weighted by atomic mass is 35.5. The van der Waals surface area contributed by atoms with Gasteiger partial charge in [0.05, 0.1) is 0 Å². The van der Waals surface area contributed by atoms with Gasteiger partial charge in [0.15, 0.2) is 6.61 Å². The molecular weight excluding hydrogens is 256 g/mol. The molecule has 0 aromatic heterocycles. The van der Waals surface area contributed by atoms with Crippen LogP contribution in [-0.2, 0) is 9.53 Å². The van der Waals surface area contributed by atoms with E-state index in [1.807, 2.05) is 6.92 Å². The Hall–Kier alpha value is -1.26. The predicted molar refractivity (Wildman–Crippen MR) is 68.7 cm³/mol. The maximum Gasteiger partial charge on any atom is 0.305 e. The van der Waals surface area contributed by atoms with Crippen LogP contribution in [0.15, 0.2) is 18.2 Å². The SMILES string of the molecule is CCC(=O)OC[C@](C)(O)Oc1ccc(Cl)cc1C. The van der Waals surface area contributed by atoms with Gasteiger partial charge in [-0.25, -0.2) is 0 Å². The first kappa shape index (κ1) is 14.8. The number of rotatable bonds is 5. The van der Waals surface area contributed by atoms with E-state index in [0.717, 1.165) is 5.56 Å². The second kappa shape index (κ2) is 6.07. The van der Waals surface area contributed by atoms with Crippen LogP contribution in [0, 0.1) is 6.92 Å². The van der Waals surface area contributed by atoms with Gasteiger partial charge in [-0.05, 0) is 30.7 Å². The average Bonchev–Trinajstić information content (AvgIpc) is 2.30. The fourth-order valence-electron chi connectivity index (χ4n) is 1.31. The minimum absolute atomic E-state index is 0.220. The Kier molecular flexibility index (Phi) is 4.99. The van der Waals surface area contributed by atoms with Gasteiger partial charge in [-0.3, -0.25) is 4.79 Å². The zero-order chi connectivity index (χ0) is 13.8. The molecule has 0 aliphatic rings. The van der Waals surface area contributed by atoms with Crippen molar-refractivity contribution in [1.29, 1.82) is 0 Å². The lowest BCUT2D eigenvalue weighted by atomic mass is 10.2. The summed E-state index contributed by atoms with van der Waals surface area (Å²) in [4.78, 5) is 11.0. The van der Waals surface area contributed by atoms with Gasteiger partial charge in [0.1, 0.15) is 5.75 Å². The summed E-state index contributed by atoms with van der Waals surface area (Å²) in [5.41, 5.74) is 0.796. The van der Waals surface area contributed by atoms with Crippen molar-refractivity contribution in [2.45, 2.75) is 33.0 Å². The number of esters is 1. The molecule has 4 nitrogen and oxygen atoms in total. The average molecular weight is 273 g/mol. The summed E-state index contributed by atoms with van der Waals surface area (Å²) in [6.07, 6.45) is 0.260. The minimum Gasteiger partial charge on any atom is -0.459 e. The molecule has 0 amide bonds. The minimum atomic E-state index is -1.57. The molecule has 1 N–H and O–H groups in total. The third kappa shape index (κ3) is 4.55. The maximum atomic E-state index is 11.0. The predicted octanol–water partition coefficient (Wildman–Crippen LogP) is 2.69. The molecule has 0 saturated heterocycles. The second-order valence-corrected chi connectivity index (χ2v) is 4.64. The molecule has 100 valence electrons. The van der Waals surface area contributed by atoms with Crippen LogP contribution in [-0.4, -0.2) is 23.5 Å². The first-order valence-electron chi connectivity index (χ1n) is 5.67. The monoisotopic (exact) mass is 272 g/mol. The van der Waals surface area contributed by atoms with Crippen molar-refractivity contribution in [1.82, 2.24) is 0 Å². The Morgan fingerprint density at radius 2 is 2.17 bits per heavy atom. The Bertz CT molecular complexity index is 429. The van der Waals surface area contributed by atoms with Crippen molar-refractivity contribution < 1.29 is 19.4 Å². The number of aryl methyl sites for hydroxylation is 1. The molecule has 18 heavy (non-hydrogen) atoms. The van der Waals surface area contributed by atoms with Gasteiger partial charge in [0.2, 0.25) is 5.79 Å². The molecule has 1 aromatic carbocycles. The highest BCUT2D eigenvalue weighted by Crippen LogP contribution is 2.25. The van der Waals surface area contributed by atoms with Crippen LogP contribution in [0.25, 0.3) is 0 Å². The molecule has 1 aromatic rings. The lowest BCUT2D eigenvalue weighted by Gasteiger charge is -2.25. The zero-order valence-corrected chi connectivity index (χ0v) is 11.5. The fraction of sp³-hybridized carbons (Fsp3) is 0.462. The molecular formula is C13H17ClO4. The molecule has 0 fully saturated rings. The quantitative estimate of drug-likeness (QED) is 0.661. The number of hydrogen-bond acceptors (Lipinski definition) is 4. The van der Waals surface area contributed by atoms with Gasteiger partial charge in [0.25, 0.3) is 0 Å². The Morgan fingerprint density at radius 1 is 1.50 bits per heavy atom. The zero-order valence-electron chi connectivity index (χ0n) is 10.7. The largest absolute Gasteiger partial charge is 0.459 e. The van der Waals surface area contributed by atoms with Crippen molar-refractivity contribution in [2.24, 2.45) is 0 Å². The van der Waals surface area contributed by atoms with E-state index in [4.69, 9.17) is 21.1 Å². The Labute approximate surface area is 111 Å². The molecule has 0 aliphatic carbocycles. The van der Waals surface area contributed by atoms with Crippen LogP contribution < -0.4 is 4.74 Å². The standard InChI is InChI=1S/C13H17ClO4/c1-4-12(15)17-8-13(3,16)18-11-6-5-10(14)7-9(11)2/h5-7,16H,4,8H2,1-3H3/t13-/m1/s1. The number of carbonyl (C=O) groups is 1. The lowest BCUT2D eigenvalue weighted by molar-refractivity contribution is -0.179. The molecule has 0 heterocycles. The topological polar surface area (TPSA) is 55.8 Å². The Morgan fingerprint density at radius 3 is 2.72 bits per heavy atom. The molecule has 0 spiro atoms. The van der Waals surface area contributed by atoms with Gasteiger partial charge < -0.3 is 14.6 Å². The van der Waals surface area contributed by atoms with E-state index in [9.17, 15) is 9.90 Å². The first-order valence-corrected chi connectivity index (χ1v) is 6.05. The van der Waals surface area contributed by atoms with Crippen molar-refractivity contribution >= 4 is 17.6 Å². The summed E-state index contributed by atoms with van der Waals surface area (Å²) in [5, 5.41) is 10.6. The Balaban J connectivity index is 2.66. The number of carbonyl (C=O) groups excluding carboxylic acids is 1. The third-order valence-corrected chi connectivity index (χ3v) is 2.49. The van der Waals surface area contributed by atoms with E-state index in [1.54, 1.807) is 25.1 Å². The summed E-state index contributed by atoms with van der Waals surface area (Å²) >= 11 is 5.82. The number of benzene rings is 1. The van der Waals surface area contributed by atoms with Crippen molar-refractivity contribution in [2.75, 3.05) is 6.61 Å². The molecule has 1 atom stereocenters. The first-order chi connectivity index (χ1) is 8.34. The van der Waals surface area contributed by atoms with E-state index in [2.05, 4.69) is 0 Å². The van der Waals surface area contributed by atoms with Crippen LogP contribution in [0.3, 0.4) is 0 Å². The second-order valence-electron chi connectivity index (χ2n) is 4.20. The summed E-state index contributed by atoms with van der Waals surface area (Å²) < 4.78 is 10.3. The van der Waals surface area contributed by atoms with E-state index in [1.165, 1.54) is 6.92 Å². The molecule has 0 radical (unpaired) electrons. The van der Waals surface area contributed by atoms with Crippen LogP contribution in [0.4, 0.5) is 0 Å². The van der Waals surface area contributed by atoms with Crippen molar-refractivity contribution in [3.63, 3.8) is 0 Å². The van der Waals surface area contributed by atoms with Crippen LogP contribution in [0.5, 0.6) is 5.75 Å². The highest BCUT2D eigenvalue weighted by molar-refractivity contribution is 6.30. The van der Waals surface area contributed by atoms with E-state index in [-0.39, 0.29) is 19.0 Å². The lowest BCUT2D eigenvalue weighted by Crippen LogP contribution is -2.38. The van der Waals surface area contributed by atoms with E-state index < -0.39 is 5.79 Å². The van der Waals surface area contributed by atoms with Gasteiger partial charge in [-0.1, -0.05) is 18.5 Å². The number of ether oxygens (including phenoxy) is 2. The summed E-state index contributed by atoms with van der Waals surface area (Å²) in [6.45, 7) is 4.71. The number of hydrogen-bond donors (Lipinski definition) is 1. The van der Waals surface area contributed by atoms with E-state index >= 15 is 0 Å².